The highest BCUT2D eigenvalue weighted by Crippen LogP contribution is 2.18. The summed E-state index contributed by atoms with van der Waals surface area (Å²) in [5, 5.41) is 31.1. The van der Waals surface area contributed by atoms with Crippen LogP contribution < -0.4 is 5.32 Å². The zero-order valence-corrected chi connectivity index (χ0v) is 8.74. The van der Waals surface area contributed by atoms with Crippen LogP contribution in [0, 0.1) is 0 Å². The van der Waals surface area contributed by atoms with Gasteiger partial charge in [0.25, 0.3) is 0 Å². The van der Waals surface area contributed by atoms with Crippen molar-refractivity contribution in [3.8, 4) is 0 Å². The Hall–Kier alpha value is -0.160. The summed E-state index contributed by atoms with van der Waals surface area (Å²) >= 11 is 0. The first-order valence-corrected chi connectivity index (χ1v) is 5.30. The summed E-state index contributed by atoms with van der Waals surface area (Å²) < 4.78 is 0. The monoisotopic (exact) mass is 203 g/mol. The minimum Gasteiger partial charge on any atom is -0.393 e. The largest absolute Gasteiger partial charge is 0.393 e. The highest BCUT2D eigenvalue weighted by atomic mass is 16.3. The van der Waals surface area contributed by atoms with Crippen molar-refractivity contribution in [2.24, 2.45) is 0 Å². The van der Waals surface area contributed by atoms with Crippen LogP contribution in [0.3, 0.4) is 0 Å². The molecule has 0 bridgehead atoms. The van der Waals surface area contributed by atoms with Crippen molar-refractivity contribution >= 4 is 0 Å². The average molecular weight is 203 g/mol. The number of aliphatic hydroxyl groups excluding tert-OH is 2. The maximum absolute atomic E-state index is 9.63. The maximum Gasteiger partial charge on any atom is 0.0972 e. The van der Waals surface area contributed by atoms with E-state index in [2.05, 4.69) is 5.32 Å². The lowest BCUT2D eigenvalue weighted by Crippen LogP contribution is -2.49. The second kappa shape index (κ2) is 5.07. The molecule has 0 saturated heterocycles. The molecule has 0 heterocycles. The minimum atomic E-state index is -1.09. The number of rotatable bonds is 4. The van der Waals surface area contributed by atoms with Gasteiger partial charge in [0.15, 0.2) is 0 Å². The first-order chi connectivity index (χ1) is 6.55. The van der Waals surface area contributed by atoms with E-state index < -0.39 is 5.60 Å². The molecule has 84 valence electrons. The van der Waals surface area contributed by atoms with Gasteiger partial charge in [-0.2, -0.15) is 0 Å². The van der Waals surface area contributed by atoms with E-state index in [0.717, 1.165) is 25.7 Å². The van der Waals surface area contributed by atoms with Crippen molar-refractivity contribution in [3.63, 3.8) is 0 Å². The lowest BCUT2D eigenvalue weighted by molar-refractivity contribution is -0.00675. The predicted molar refractivity (Wildman–Crippen MR) is 54.0 cm³/mol. The first kappa shape index (κ1) is 11.9. The summed E-state index contributed by atoms with van der Waals surface area (Å²) in [6, 6.07) is 0.0711. The van der Waals surface area contributed by atoms with Gasteiger partial charge in [0, 0.05) is 12.6 Å². The van der Waals surface area contributed by atoms with Crippen molar-refractivity contribution in [2.75, 3.05) is 13.2 Å². The summed E-state index contributed by atoms with van der Waals surface area (Å²) in [6.07, 6.45) is 3.67. The molecule has 1 aliphatic rings. The van der Waals surface area contributed by atoms with Gasteiger partial charge in [0.2, 0.25) is 0 Å². The van der Waals surface area contributed by atoms with Gasteiger partial charge in [-0.15, -0.1) is 0 Å². The molecule has 4 nitrogen and oxygen atoms in total. The lowest BCUT2D eigenvalue weighted by Gasteiger charge is -2.31. The van der Waals surface area contributed by atoms with Crippen molar-refractivity contribution in [1.29, 1.82) is 0 Å². The molecule has 0 aromatic carbocycles. The topological polar surface area (TPSA) is 72.7 Å². The Morgan fingerprint density at radius 1 is 1.36 bits per heavy atom. The van der Waals surface area contributed by atoms with Crippen LogP contribution in [0.1, 0.15) is 32.6 Å². The fourth-order valence-corrected chi connectivity index (χ4v) is 1.76. The lowest BCUT2D eigenvalue weighted by atomic mass is 9.92. The molecule has 1 aliphatic carbocycles. The van der Waals surface area contributed by atoms with Gasteiger partial charge >= 0.3 is 0 Å². The SMILES string of the molecule is CC(O)(CO)CNC1CCCCC1O. The Balaban J connectivity index is 2.29. The second-order valence-corrected chi connectivity index (χ2v) is 4.49. The zero-order chi connectivity index (χ0) is 10.6. The Morgan fingerprint density at radius 3 is 2.57 bits per heavy atom. The fraction of sp³-hybridized carbons (Fsp3) is 1.00. The highest BCUT2D eigenvalue weighted by molar-refractivity contribution is 4.84. The van der Waals surface area contributed by atoms with Crippen LogP contribution in [0.15, 0.2) is 0 Å². The molecule has 0 aliphatic heterocycles. The molecule has 0 amide bonds. The van der Waals surface area contributed by atoms with Crippen LogP contribution in [0.2, 0.25) is 0 Å². The van der Waals surface area contributed by atoms with E-state index >= 15 is 0 Å². The van der Waals surface area contributed by atoms with Crippen molar-refractivity contribution < 1.29 is 15.3 Å². The minimum absolute atomic E-state index is 0.0711. The van der Waals surface area contributed by atoms with Crippen molar-refractivity contribution in [2.45, 2.75) is 50.4 Å². The van der Waals surface area contributed by atoms with Crippen LogP contribution in [0.5, 0.6) is 0 Å². The molecule has 1 saturated carbocycles. The Morgan fingerprint density at radius 2 is 2.00 bits per heavy atom. The van der Waals surface area contributed by atoms with E-state index in [9.17, 15) is 10.2 Å². The van der Waals surface area contributed by atoms with E-state index in [1.165, 1.54) is 0 Å². The molecule has 3 atom stereocenters. The molecular formula is C10H21NO3. The summed E-state index contributed by atoms with van der Waals surface area (Å²) in [4.78, 5) is 0. The predicted octanol–water partition coefficient (Wildman–Crippen LogP) is -0.377. The quantitative estimate of drug-likeness (QED) is 0.503. The fourth-order valence-electron chi connectivity index (χ4n) is 1.76. The maximum atomic E-state index is 9.63. The molecule has 0 spiro atoms. The molecule has 0 aromatic heterocycles. The van der Waals surface area contributed by atoms with Crippen molar-refractivity contribution in [1.82, 2.24) is 5.32 Å². The number of aliphatic hydroxyl groups is 3. The van der Waals surface area contributed by atoms with Gasteiger partial charge in [-0.1, -0.05) is 12.8 Å². The third-order valence-electron chi connectivity index (χ3n) is 2.82. The number of hydrogen-bond donors (Lipinski definition) is 4. The summed E-state index contributed by atoms with van der Waals surface area (Å²) in [6.45, 7) is 1.64. The third kappa shape index (κ3) is 3.53. The summed E-state index contributed by atoms with van der Waals surface area (Å²) in [5.41, 5.74) is -1.09. The third-order valence-corrected chi connectivity index (χ3v) is 2.82. The van der Waals surface area contributed by atoms with Crippen molar-refractivity contribution in [3.05, 3.63) is 0 Å². The Bertz CT molecular complexity index is 173. The second-order valence-electron chi connectivity index (χ2n) is 4.49. The standard InChI is InChI=1S/C10H21NO3/c1-10(14,7-12)6-11-8-4-2-3-5-9(8)13/h8-9,11-14H,2-7H2,1H3. The van der Waals surface area contributed by atoms with Crippen LogP contribution in [0.4, 0.5) is 0 Å². The van der Waals surface area contributed by atoms with E-state index in [1.807, 2.05) is 0 Å². The van der Waals surface area contributed by atoms with E-state index in [4.69, 9.17) is 5.11 Å². The molecule has 14 heavy (non-hydrogen) atoms. The van der Waals surface area contributed by atoms with Gasteiger partial charge in [-0.05, 0) is 19.8 Å². The molecule has 3 unspecified atom stereocenters. The number of nitrogens with one attached hydrogen (secondary N) is 1. The van der Waals surface area contributed by atoms with Gasteiger partial charge in [-0.3, -0.25) is 0 Å². The molecular weight excluding hydrogens is 182 g/mol. The average Bonchev–Trinajstić information content (AvgIpc) is 2.17. The van der Waals surface area contributed by atoms with Gasteiger partial charge in [0.1, 0.15) is 0 Å². The molecule has 0 aromatic rings. The molecule has 0 radical (unpaired) electrons. The van der Waals surface area contributed by atoms with Crippen LogP contribution in [-0.2, 0) is 0 Å². The molecule has 1 rings (SSSR count). The highest BCUT2D eigenvalue weighted by Gasteiger charge is 2.26. The number of hydrogen-bond acceptors (Lipinski definition) is 4. The van der Waals surface area contributed by atoms with Crippen LogP contribution in [-0.4, -0.2) is 46.2 Å². The zero-order valence-electron chi connectivity index (χ0n) is 8.74. The van der Waals surface area contributed by atoms with E-state index in [-0.39, 0.29) is 18.8 Å². The normalized spacial score (nSPS) is 32.6. The van der Waals surface area contributed by atoms with Crippen LogP contribution in [0.25, 0.3) is 0 Å². The van der Waals surface area contributed by atoms with E-state index in [1.54, 1.807) is 6.92 Å². The molecule has 1 fully saturated rings. The van der Waals surface area contributed by atoms with Gasteiger partial charge < -0.3 is 20.6 Å². The van der Waals surface area contributed by atoms with Crippen LogP contribution >= 0.6 is 0 Å². The van der Waals surface area contributed by atoms with Gasteiger partial charge in [0.05, 0.1) is 18.3 Å². The summed E-state index contributed by atoms with van der Waals surface area (Å²) in [5.74, 6) is 0. The molecule has 4 heteroatoms. The smallest absolute Gasteiger partial charge is 0.0972 e. The summed E-state index contributed by atoms with van der Waals surface area (Å²) in [7, 11) is 0. The Labute approximate surface area is 85.0 Å². The van der Waals surface area contributed by atoms with Gasteiger partial charge in [-0.25, -0.2) is 0 Å². The first-order valence-electron chi connectivity index (χ1n) is 5.30. The molecule has 4 N–H and O–H groups in total. The van der Waals surface area contributed by atoms with E-state index in [0.29, 0.717) is 6.54 Å². The Kier molecular flexibility index (Phi) is 4.31.